The van der Waals surface area contributed by atoms with Crippen molar-refractivity contribution in [2.45, 2.75) is 24.2 Å². The predicted octanol–water partition coefficient (Wildman–Crippen LogP) is 2.50. The zero-order chi connectivity index (χ0) is 20.4. The summed E-state index contributed by atoms with van der Waals surface area (Å²) in [5, 5.41) is 12.0. The first-order valence-electron chi connectivity index (χ1n) is 9.27. The summed E-state index contributed by atoms with van der Waals surface area (Å²) >= 11 is 1.30. The number of benzene rings is 1. The van der Waals surface area contributed by atoms with Gasteiger partial charge in [-0.3, -0.25) is 10.1 Å². The van der Waals surface area contributed by atoms with Crippen LogP contribution in [0.2, 0.25) is 0 Å². The quantitative estimate of drug-likeness (QED) is 0.647. The Morgan fingerprint density at radius 2 is 1.90 bits per heavy atom. The fraction of sp³-hybridized carbons (Fsp3) is 0.316. The van der Waals surface area contributed by atoms with Gasteiger partial charge in [0.25, 0.3) is 5.91 Å². The molecule has 1 N–H and O–H groups in total. The van der Waals surface area contributed by atoms with Gasteiger partial charge in [-0.15, -0.1) is 10.2 Å². The van der Waals surface area contributed by atoms with E-state index in [1.807, 2.05) is 30.3 Å². The molecule has 1 aliphatic heterocycles. The van der Waals surface area contributed by atoms with Crippen LogP contribution in [-0.2, 0) is 23.5 Å². The van der Waals surface area contributed by atoms with Crippen molar-refractivity contribution in [2.24, 2.45) is 7.05 Å². The maximum atomic E-state index is 12.7. The van der Waals surface area contributed by atoms with Crippen LogP contribution in [0.3, 0.4) is 0 Å². The minimum Gasteiger partial charge on any atom is -0.345 e. The van der Waals surface area contributed by atoms with Crippen molar-refractivity contribution < 1.29 is 13.2 Å². The van der Waals surface area contributed by atoms with E-state index in [0.717, 1.165) is 23.4 Å². The number of carbonyl (C=O) groups excluding carboxylic acids is 1. The molecule has 0 aliphatic carbocycles. The molecule has 3 heterocycles. The van der Waals surface area contributed by atoms with Crippen LogP contribution in [0.5, 0.6) is 0 Å². The average molecular weight is 432 g/mol. The van der Waals surface area contributed by atoms with Gasteiger partial charge in [0.1, 0.15) is 15.6 Å². The van der Waals surface area contributed by atoms with Crippen LogP contribution in [0, 0.1) is 0 Å². The molecule has 1 fully saturated rings. The lowest BCUT2D eigenvalue weighted by molar-refractivity contribution is 0.101. The van der Waals surface area contributed by atoms with Crippen LogP contribution in [0.1, 0.15) is 33.9 Å². The predicted molar refractivity (Wildman–Crippen MR) is 111 cm³/mol. The molecule has 1 amide bonds. The van der Waals surface area contributed by atoms with Gasteiger partial charge in [0.15, 0.2) is 0 Å². The number of sulfonamides is 1. The molecule has 1 aliphatic rings. The largest absolute Gasteiger partial charge is 0.345 e. The normalized spacial score (nSPS) is 14.9. The highest BCUT2D eigenvalue weighted by molar-refractivity contribution is 7.89. The van der Waals surface area contributed by atoms with Gasteiger partial charge >= 0.3 is 0 Å². The Hall–Kier alpha value is -2.56. The number of aryl methyl sites for hydroxylation is 1. The topological polar surface area (TPSA) is 97.2 Å². The minimum atomic E-state index is -3.57. The van der Waals surface area contributed by atoms with E-state index < -0.39 is 15.9 Å². The van der Waals surface area contributed by atoms with Gasteiger partial charge in [-0.2, -0.15) is 4.31 Å². The molecule has 10 heteroatoms. The van der Waals surface area contributed by atoms with Crippen molar-refractivity contribution in [1.29, 1.82) is 0 Å². The first-order valence-corrected chi connectivity index (χ1v) is 11.5. The summed E-state index contributed by atoms with van der Waals surface area (Å²) in [6.45, 7) is 1.04. The molecule has 3 aromatic rings. The summed E-state index contributed by atoms with van der Waals surface area (Å²) in [6, 6.07) is 11.3. The second-order valence-corrected chi connectivity index (χ2v) is 9.90. The van der Waals surface area contributed by atoms with Crippen LogP contribution >= 0.6 is 11.3 Å². The number of nitrogens with zero attached hydrogens (tertiary/aromatic N) is 4. The van der Waals surface area contributed by atoms with Crippen molar-refractivity contribution in [3.05, 3.63) is 58.9 Å². The molecule has 0 bridgehead atoms. The Morgan fingerprint density at radius 1 is 1.17 bits per heavy atom. The van der Waals surface area contributed by atoms with Crippen LogP contribution in [-0.4, -0.2) is 46.5 Å². The Kier molecular flexibility index (Phi) is 5.48. The summed E-state index contributed by atoms with van der Waals surface area (Å²) in [7, 11) is -1.92. The molecule has 4 rings (SSSR count). The van der Waals surface area contributed by atoms with Crippen LogP contribution in [0.4, 0.5) is 5.13 Å². The number of carbonyl (C=O) groups is 1. The van der Waals surface area contributed by atoms with E-state index in [1.165, 1.54) is 32.5 Å². The number of rotatable bonds is 6. The third-order valence-electron chi connectivity index (χ3n) is 4.80. The molecule has 0 saturated carbocycles. The molecule has 8 nitrogen and oxygen atoms in total. The summed E-state index contributed by atoms with van der Waals surface area (Å²) in [4.78, 5) is 12.8. The Balaban J connectivity index is 1.47. The molecule has 0 unspecified atom stereocenters. The van der Waals surface area contributed by atoms with Gasteiger partial charge in [-0.1, -0.05) is 41.7 Å². The molecular weight excluding hydrogens is 410 g/mol. The summed E-state index contributed by atoms with van der Waals surface area (Å²) < 4.78 is 28.4. The molecule has 0 spiro atoms. The smallest absolute Gasteiger partial charge is 0.274 e. The van der Waals surface area contributed by atoms with Crippen molar-refractivity contribution in [1.82, 2.24) is 19.1 Å². The second kappa shape index (κ2) is 8.05. The molecule has 1 aromatic carbocycles. The van der Waals surface area contributed by atoms with Crippen molar-refractivity contribution in [2.75, 3.05) is 18.4 Å². The molecule has 2 aromatic heterocycles. The average Bonchev–Trinajstić information content (AvgIpc) is 3.44. The lowest BCUT2D eigenvalue weighted by Gasteiger charge is -2.13. The third-order valence-corrected chi connectivity index (χ3v) is 7.50. The van der Waals surface area contributed by atoms with Gasteiger partial charge < -0.3 is 4.57 Å². The molecular formula is C19H21N5O3S2. The lowest BCUT2D eigenvalue weighted by atomic mass is 10.2. The van der Waals surface area contributed by atoms with Crippen molar-refractivity contribution in [3.63, 3.8) is 0 Å². The number of nitrogens with one attached hydrogen (secondary N) is 1. The highest BCUT2D eigenvalue weighted by Gasteiger charge is 2.29. The zero-order valence-corrected chi connectivity index (χ0v) is 17.5. The van der Waals surface area contributed by atoms with E-state index in [1.54, 1.807) is 7.05 Å². The lowest BCUT2D eigenvalue weighted by Crippen LogP contribution is -2.27. The standard InChI is InChI=1S/C19H21N5O3S2/c1-23-13-15(29(26,27)24-9-5-6-10-24)12-16(23)18(25)20-19-22-21-17(28-19)11-14-7-3-2-4-8-14/h2-4,7-8,12-13H,5-6,9-11H2,1H3,(H,20,22,25). The first kappa shape index (κ1) is 19.7. The van der Waals surface area contributed by atoms with E-state index in [4.69, 9.17) is 0 Å². The second-order valence-electron chi connectivity index (χ2n) is 6.90. The molecule has 0 atom stereocenters. The monoisotopic (exact) mass is 431 g/mol. The fourth-order valence-electron chi connectivity index (χ4n) is 3.29. The highest BCUT2D eigenvalue weighted by atomic mass is 32.2. The Morgan fingerprint density at radius 3 is 2.62 bits per heavy atom. The van der Waals surface area contributed by atoms with Gasteiger partial charge in [0.05, 0.1) is 0 Å². The molecule has 29 heavy (non-hydrogen) atoms. The maximum absolute atomic E-state index is 12.7. The molecule has 0 radical (unpaired) electrons. The van der Waals surface area contributed by atoms with Gasteiger partial charge in [0, 0.05) is 32.8 Å². The van der Waals surface area contributed by atoms with Gasteiger partial charge in [-0.05, 0) is 24.5 Å². The van der Waals surface area contributed by atoms with Crippen molar-refractivity contribution >= 4 is 32.4 Å². The van der Waals surface area contributed by atoms with E-state index in [0.29, 0.717) is 24.6 Å². The zero-order valence-electron chi connectivity index (χ0n) is 15.9. The van der Waals surface area contributed by atoms with Gasteiger partial charge in [0.2, 0.25) is 15.2 Å². The number of anilines is 1. The summed E-state index contributed by atoms with van der Waals surface area (Å²) in [6.07, 6.45) is 3.84. The maximum Gasteiger partial charge on any atom is 0.274 e. The first-order chi connectivity index (χ1) is 13.9. The summed E-state index contributed by atoms with van der Waals surface area (Å²) in [5.74, 6) is -0.419. The van der Waals surface area contributed by atoms with E-state index >= 15 is 0 Å². The minimum absolute atomic E-state index is 0.133. The molecule has 152 valence electrons. The number of amides is 1. The van der Waals surface area contributed by atoms with Crippen molar-refractivity contribution in [3.8, 4) is 0 Å². The summed E-state index contributed by atoms with van der Waals surface area (Å²) in [5.41, 5.74) is 1.36. The van der Waals surface area contributed by atoms with Crippen LogP contribution in [0.25, 0.3) is 0 Å². The third kappa shape index (κ3) is 4.24. The number of aromatic nitrogens is 3. The SMILES string of the molecule is Cn1cc(S(=O)(=O)N2CCCC2)cc1C(=O)Nc1nnc(Cc2ccccc2)s1. The Labute approximate surface area is 173 Å². The van der Waals surface area contributed by atoms with Gasteiger partial charge in [-0.25, -0.2) is 8.42 Å². The van der Waals surface area contributed by atoms with E-state index in [2.05, 4.69) is 15.5 Å². The number of hydrogen-bond acceptors (Lipinski definition) is 6. The van der Waals surface area contributed by atoms with E-state index in [-0.39, 0.29) is 10.6 Å². The van der Waals surface area contributed by atoms with E-state index in [9.17, 15) is 13.2 Å². The van der Waals surface area contributed by atoms with Crippen LogP contribution in [0.15, 0.2) is 47.5 Å². The number of hydrogen-bond donors (Lipinski definition) is 1. The van der Waals surface area contributed by atoms with Crippen LogP contribution < -0.4 is 5.32 Å². The highest BCUT2D eigenvalue weighted by Crippen LogP contribution is 2.24. The fourth-order valence-corrected chi connectivity index (χ4v) is 5.64. The molecule has 1 saturated heterocycles. The Bertz CT molecular complexity index is 1120.